The number of guanidine groups is 1. The van der Waals surface area contributed by atoms with Crippen molar-refractivity contribution in [3.8, 4) is 0 Å². The van der Waals surface area contributed by atoms with Crippen LogP contribution in [-0.4, -0.2) is 18.1 Å². The lowest BCUT2D eigenvalue weighted by Gasteiger charge is -1.83. The molecule has 0 aromatic carbocycles. The van der Waals surface area contributed by atoms with Gasteiger partial charge in [-0.05, 0) is 0 Å². The Morgan fingerprint density at radius 2 is 2.22 bits per heavy atom. The van der Waals surface area contributed by atoms with Crippen LogP contribution in [0.3, 0.4) is 0 Å². The highest BCUT2D eigenvalue weighted by molar-refractivity contribution is 5.93. The van der Waals surface area contributed by atoms with Gasteiger partial charge in [-0.25, -0.2) is 4.99 Å². The fourth-order valence-electron chi connectivity index (χ4n) is 0.234. The molecule has 0 rings (SSSR count). The summed E-state index contributed by atoms with van der Waals surface area (Å²) in [6, 6.07) is 0. The first-order chi connectivity index (χ1) is 4.13. The van der Waals surface area contributed by atoms with Crippen molar-refractivity contribution in [3.63, 3.8) is 0 Å². The Kier molecular flexibility index (Phi) is 3.04. The maximum Gasteiger partial charge on any atom is 0.222 e. The zero-order valence-electron chi connectivity index (χ0n) is 4.79. The van der Waals surface area contributed by atoms with Crippen LogP contribution in [-0.2, 0) is 4.79 Å². The number of nitrogens with zero attached hydrogens (tertiary/aromatic N) is 1. The molecule has 0 aromatic rings. The minimum absolute atomic E-state index is 0.0274. The third-order valence-electron chi connectivity index (χ3n) is 0.523. The summed E-state index contributed by atoms with van der Waals surface area (Å²) >= 11 is 0. The van der Waals surface area contributed by atoms with Crippen molar-refractivity contribution >= 4 is 18.1 Å². The molecule has 5 nitrogen and oxygen atoms in total. The summed E-state index contributed by atoms with van der Waals surface area (Å²) in [5.74, 6) is -0.809. The molecule has 0 fully saturated rings. The quantitative estimate of drug-likeness (QED) is 0.322. The van der Waals surface area contributed by atoms with E-state index >= 15 is 0 Å². The van der Waals surface area contributed by atoms with E-state index in [1.54, 1.807) is 0 Å². The molecule has 0 unspecified atom stereocenters. The van der Waals surface area contributed by atoms with Crippen molar-refractivity contribution in [2.75, 3.05) is 0 Å². The van der Waals surface area contributed by atoms with Gasteiger partial charge in [0.15, 0.2) is 0 Å². The predicted molar refractivity (Wildman–Crippen MR) is 34.2 cm³/mol. The van der Waals surface area contributed by atoms with Gasteiger partial charge in [-0.1, -0.05) is 0 Å². The molecular weight excluding hydrogens is 120 g/mol. The average molecular weight is 128 g/mol. The van der Waals surface area contributed by atoms with E-state index in [1.807, 2.05) is 0 Å². The first-order valence-electron chi connectivity index (χ1n) is 2.28. The van der Waals surface area contributed by atoms with Crippen molar-refractivity contribution in [1.29, 1.82) is 5.41 Å². The fraction of sp³-hybridized carbons (Fsp3) is 0.250. The van der Waals surface area contributed by atoms with E-state index in [1.165, 1.54) is 6.21 Å². The Hall–Kier alpha value is -1.39. The van der Waals surface area contributed by atoms with Crippen LogP contribution in [0.2, 0.25) is 0 Å². The van der Waals surface area contributed by atoms with Gasteiger partial charge in [0.1, 0.15) is 0 Å². The number of nitrogens with one attached hydrogen (secondary N) is 1. The summed E-state index contributed by atoms with van der Waals surface area (Å²) in [6.45, 7) is 0. The van der Waals surface area contributed by atoms with E-state index in [-0.39, 0.29) is 12.4 Å². The van der Waals surface area contributed by atoms with Gasteiger partial charge in [-0.2, -0.15) is 0 Å². The van der Waals surface area contributed by atoms with Gasteiger partial charge >= 0.3 is 0 Å². The number of aliphatic imine (C=N–C) groups is 1. The summed E-state index contributed by atoms with van der Waals surface area (Å²) in [6.07, 6.45) is 1.23. The first-order valence-corrected chi connectivity index (χ1v) is 2.28. The zero-order valence-corrected chi connectivity index (χ0v) is 4.79. The first kappa shape index (κ1) is 7.61. The van der Waals surface area contributed by atoms with Gasteiger partial charge in [-0.3, -0.25) is 10.2 Å². The Labute approximate surface area is 52.3 Å². The smallest absolute Gasteiger partial charge is 0.222 e. The molecule has 9 heavy (non-hydrogen) atoms. The van der Waals surface area contributed by atoms with Crippen LogP contribution >= 0.6 is 0 Å². The molecule has 0 spiro atoms. The summed E-state index contributed by atoms with van der Waals surface area (Å²) in [4.78, 5) is 13.3. The van der Waals surface area contributed by atoms with Crippen LogP contribution in [0.25, 0.3) is 0 Å². The lowest BCUT2D eigenvalue weighted by Crippen LogP contribution is -2.12. The molecule has 0 saturated carbocycles. The van der Waals surface area contributed by atoms with Gasteiger partial charge in [0.2, 0.25) is 11.9 Å². The third kappa shape index (κ3) is 6.61. The van der Waals surface area contributed by atoms with Crippen molar-refractivity contribution in [1.82, 2.24) is 0 Å². The number of hydrogen-bond acceptors (Lipinski definition) is 2. The van der Waals surface area contributed by atoms with Gasteiger partial charge < -0.3 is 11.5 Å². The molecule has 0 radical (unpaired) electrons. The third-order valence-corrected chi connectivity index (χ3v) is 0.523. The zero-order chi connectivity index (χ0) is 7.28. The highest BCUT2D eigenvalue weighted by Gasteiger charge is 1.86. The fourth-order valence-corrected chi connectivity index (χ4v) is 0.234. The number of rotatable bonds is 2. The molecule has 0 aromatic heterocycles. The van der Waals surface area contributed by atoms with Gasteiger partial charge in [0.25, 0.3) is 0 Å². The van der Waals surface area contributed by atoms with Gasteiger partial charge in [0, 0.05) is 6.21 Å². The van der Waals surface area contributed by atoms with Crippen LogP contribution < -0.4 is 11.5 Å². The molecular formula is C4H8N4O. The molecule has 1 amide bonds. The standard InChI is InChI=1S/C4H8N4O/c5-3(9)1-2-8-4(6)7/h2H,1H2,(H2,5,9)(H3,6,7). The van der Waals surface area contributed by atoms with E-state index in [0.29, 0.717) is 0 Å². The second-order valence-electron chi connectivity index (χ2n) is 1.37. The van der Waals surface area contributed by atoms with E-state index in [2.05, 4.69) is 4.99 Å². The summed E-state index contributed by atoms with van der Waals surface area (Å²) < 4.78 is 0. The maximum absolute atomic E-state index is 10.0. The normalized spacial score (nSPS) is 9.78. The summed E-state index contributed by atoms with van der Waals surface area (Å²) in [7, 11) is 0. The van der Waals surface area contributed by atoms with Crippen molar-refractivity contribution in [2.45, 2.75) is 6.42 Å². The van der Waals surface area contributed by atoms with Gasteiger partial charge in [-0.15, -0.1) is 0 Å². The Morgan fingerprint density at radius 3 is 2.56 bits per heavy atom. The van der Waals surface area contributed by atoms with E-state index < -0.39 is 5.91 Å². The number of carbonyl (C=O) groups excluding carboxylic acids is 1. The maximum atomic E-state index is 10.0. The lowest BCUT2D eigenvalue weighted by atomic mass is 10.4. The van der Waals surface area contributed by atoms with E-state index in [0.717, 1.165) is 0 Å². The number of carbonyl (C=O) groups is 1. The lowest BCUT2D eigenvalue weighted by molar-refractivity contribution is -0.116. The molecule has 5 heteroatoms. The number of amides is 1. The largest absolute Gasteiger partial charge is 0.369 e. The molecule has 5 N–H and O–H groups in total. The summed E-state index contributed by atoms with van der Waals surface area (Å²) in [5.41, 5.74) is 9.55. The molecule has 50 valence electrons. The number of hydrogen-bond donors (Lipinski definition) is 3. The predicted octanol–water partition coefficient (Wildman–Crippen LogP) is -1.17. The molecule has 0 bridgehead atoms. The minimum Gasteiger partial charge on any atom is -0.369 e. The Morgan fingerprint density at radius 1 is 1.67 bits per heavy atom. The molecule has 0 aliphatic heterocycles. The van der Waals surface area contributed by atoms with Crippen LogP contribution in [0.4, 0.5) is 0 Å². The molecule has 0 saturated heterocycles. The summed E-state index contributed by atoms with van der Waals surface area (Å²) in [5, 5.41) is 6.57. The molecule has 0 aliphatic rings. The molecule has 0 aliphatic carbocycles. The highest BCUT2D eigenvalue weighted by atomic mass is 16.1. The Bertz CT molecular complexity index is 151. The molecule has 0 atom stereocenters. The van der Waals surface area contributed by atoms with Crippen LogP contribution in [0.15, 0.2) is 4.99 Å². The average Bonchev–Trinajstić information content (AvgIpc) is 1.63. The van der Waals surface area contributed by atoms with Crippen LogP contribution in [0.1, 0.15) is 6.42 Å². The Balaban J connectivity index is 3.48. The van der Waals surface area contributed by atoms with Crippen molar-refractivity contribution in [3.05, 3.63) is 0 Å². The second-order valence-corrected chi connectivity index (χ2v) is 1.37. The minimum atomic E-state index is -0.486. The SMILES string of the molecule is N=C(N)N=CCC(N)=O. The molecule has 0 heterocycles. The van der Waals surface area contributed by atoms with Crippen molar-refractivity contribution < 1.29 is 4.79 Å². The second kappa shape index (κ2) is 3.59. The van der Waals surface area contributed by atoms with E-state index in [4.69, 9.17) is 16.9 Å². The van der Waals surface area contributed by atoms with E-state index in [9.17, 15) is 4.79 Å². The number of primary amides is 1. The topological polar surface area (TPSA) is 105 Å². The van der Waals surface area contributed by atoms with Crippen LogP contribution in [0, 0.1) is 5.41 Å². The highest BCUT2D eigenvalue weighted by Crippen LogP contribution is 1.69. The number of nitrogens with two attached hydrogens (primary N) is 2. The van der Waals surface area contributed by atoms with Gasteiger partial charge in [0.05, 0.1) is 6.42 Å². The van der Waals surface area contributed by atoms with Crippen molar-refractivity contribution in [2.24, 2.45) is 16.5 Å². The monoisotopic (exact) mass is 128 g/mol. The van der Waals surface area contributed by atoms with Crippen LogP contribution in [0.5, 0.6) is 0 Å².